The fourth-order valence-electron chi connectivity index (χ4n) is 10.5. The molecule has 3 aliphatic heterocycles. The lowest BCUT2D eigenvalue weighted by Gasteiger charge is -2.30. The van der Waals surface area contributed by atoms with Gasteiger partial charge in [-0.3, -0.25) is 9.89 Å². The maximum Gasteiger partial charge on any atom is 0.417 e. The molecule has 2 bridgehead atoms. The van der Waals surface area contributed by atoms with Crippen LogP contribution >= 0.6 is 0 Å². The predicted octanol–water partition coefficient (Wildman–Crippen LogP) is 11.6. The Labute approximate surface area is 494 Å². The third kappa shape index (κ3) is 15.2. The molecule has 3 aromatic heterocycles. The molecule has 3 saturated heterocycles. The molecule has 454 valence electrons. The zero-order valence-electron chi connectivity index (χ0n) is 50.1. The van der Waals surface area contributed by atoms with Crippen molar-refractivity contribution in [3.8, 4) is 34.1 Å². The van der Waals surface area contributed by atoms with E-state index in [0.29, 0.717) is 41.5 Å². The van der Waals surface area contributed by atoms with Crippen molar-refractivity contribution in [2.24, 2.45) is 5.92 Å². The third-order valence-corrected chi connectivity index (χ3v) is 15.5. The van der Waals surface area contributed by atoms with E-state index in [0.717, 1.165) is 72.4 Å². The Balaban J connectivity index is 0.000000283. The number of aldehydes is 1. The van der Waals surface area contributed by atoms with Gasteiger partial charge in [0.1, 0.15) is 42.3 Å². The highest BCUT2D eigenvalue weighted by Gasteiger charge is 2.42. The summed E-state index contributed by atoms with van der Waals surface area (Å²) in [5.74, 6) is -0.211. The lowest BCUT2D eigenvalue weighted by atomic mass is 9.90. The monoisotopic (exact) mass is 1170 g/mol. The minimum absolute atomic E-state index is 0.00144. The van der Waals surface area contributed by atoms with Crippen molar-refractivity contribution in [3.05, 3.63) is 137 Å². The number of hydrogen-bond acceptors (Lipinski definition) is 14. The number of amides is 1. The van der Waals surface area contributed by atoms with Gasteiger partial charge >= 0.3 is 12.2 Å². The van der Waals surface area contributed by atoms with E-state index in [1.165, 1.54) is 31.2 Å². The molecule has 21 heteroatoms. The molecular formula is C64H79F4N11O6. The Morgan fingerprint density at radius 1 is 1.00 bits per heavy atom. The summed E-state index contributed by atoms with van der Waals surface area (Å²) in [6.07, 6.45) is 8.67. The number of fused-ring (bicyclic) bond motifs is 4. The van der Waals surface area contributed by atoms with Gasteiger partial charge in [0.2, 0.25) is 6.41 Å². The number of anilines is 1. The van der Waals surface area contributed by atoms with Gasteiger partial charge in [0.05, 0.1) is 54.8 Å². The van der Waals surface area contributed by atoms with Crippen LogP contribution in [0, 0.1) is 18.7 Å². The number of nitrogens with zero attached hydrogens (tertiary/aromatic N) is 8. The molecule has 10 rings (SSSR count). The summed E-state index contributed by atoms with van der Waals surface area (Å²) < 4.78 is 81.6. The first kappa shape index (κ1) is 64.7. The molecule has 3 aliphatic rings. The predicted molar refractivity (Wildman–Crippen MR) is 325 cm³/mol. The van der Waals surface area contributed by atoms with E-state index in [-0.39, 0.29) is 102 Å². The van der Waals surface area contributed by atoms with Crippen molar-refractivity contribution < 1.29 is 46.5 Å². The van der Waals surface area contributed by atoms with Crippen LogP contribution in [0.15, 0.2) is 103 Å². The number of carbonyl (C=O) groups is 2. The number of ether oxygens (including phenoxy) is 3. The lowest BCUT2D eigenvalue weighted by molar-refractivity contribution is -0.137. The maximum atomic E-state index is 15.6. The number of benzene rings is 4. The molecule has 4 aromatic carbocycles. The van der Waals surface area contributed by atoms with Crippen LogP contribution in [0.2, 0.25) is 0 Å². The molecule has 0 saturated carbocycles. The molecule has 0 radical (unpaired) electrons. The summed E-state index contributed by atoms with van der Waals surface area (Å²) in [6.45, 7) is 22.0. The number of rotatable bonds is 20. The number of likely N-dealkylation sites (tertiary alicyclic amines) is 1. The number of nitrogens with one attached hydrogen (secondary N) is 3. The van der Waals surface area contributed by atoms with Crippen LogP contribution in [0.1, 0.15) is 108 Å². The molecule has 7 aromatic rings. The Morgan fingerprint density at radius 3 is 2.33 bits per heavy atom. The van der Waals surface area contributed by atoms with Crippen LogP contribution in [0.5, 0.6) is 11.8 Å². The number of halogens is 4. The molecule has 1 amide bonds. The van der Waals surface area contributed by atoms with Crippen LogP contribution in [0.4, 0.5) is 23.4 Å². The highest BCUT2D eigenvalue weighted by Crippen LogP contribution is 2.51. The Morgan fingerprint density at radius 2 is 1.74 bits per heavy atom. The number of aromatic nitrogens is 7. The van der Waals surface area contributed by atoms with E-state index < -0.39 is 17.6 Å². The molecule has 0 aliphatic carbocycles. The molecule has 6 heterocycles. The van der Waals surface area contributed by atoms with E-state index >= 15 is 17.6 Å². The number of carbonyl (C=O) groups excluding carboxylic acids is 2. The first-order valence-electron chi connectivity index (χ1n) is 28.8. The summed E-state index contributed by atoms with van der Waals surface area (Å²) in [4.78, 5) is 33.3. The van der Waals surface area contributed by atoms with E-state index in [2.05, 4.69) is 76.7 Å². The molecule has 85 heavy (non-hydrogen) atoms. The lowest BCUT2D eigenvalue weighted by Crippen LogP contribution is -2.44. The molecule has 0 spiro atoms. The number of piperazine rings is 1. The van der Waals surface area contributed by atoms with Gasteiger partial charge in [0.25, 0.3) is 0 Å². The Kier molecular flexibility index (Phi) is 22.7. The number of alkyl halides is 3. The molecule has 5 unspecified atom stereocenters. The van der Waals surface area contributed by atoms with Gasteiger partial charge in [0.15, 0.2) is 5.75 Å². The highest BCUT2D eigenvalue weighted by molar-refractivity contribution is 6.06. The van der Waals surface area contributed by atoms with Crippen LogP contribution in [0.3, 0.4) is 0 Å². The standard InChI is InChI=1S/C39H41F4N9O3.C17H23NO.C6H9NO2.C2H6/c1-20(2)22(4)52-18-32(49-50-52)24-8-6-23(7-9-24)19-55-36-34(33-21(3)30(40)14-31-28(33)16-45-48-31)29(39(41,42)43)13-27-35(36)46-38(54-11-10-53-5)47-37(27)51-17-25-12-26(51)15-44-25;1-5-6-7-16(13(2)3)14-8-10-15(11-9-14)17(12-19)18-4;8-4-6-2-1-3-7(6)5-9;1-2/h6-9,13-14,16,18,20,22,25-26,44H,10-12,15,17,19H2,1-5H3,(H,45,48);5-11,17-19H,2,12H2,1,3-4H3;4-6H,1-3H2;1-2H3/b;6-5-,16-7+;;. The minimum atomic E-state index is -4.89. The van der Waals surface area contributed by atoms with E-state index in [1.54, 1.807) is 0 Å². The van der Waals surface area contributed by atoms with Gasteiger partial charge in [-0.1, -0.05) is 112 Å². The topological polar surface area (TPSA) is 198 Å². The van der Waals surface area contributed by atoms with Crippen molar-refractivity contribution in [1.29, 1.82) is 0 Å². The quantitative estimate of drug-likeness (QED) is 0.0243. The number of allylic oxidation sites excluding steroid dienone is 5. The molecule has 5 atom stereocenters. The second-order valence-corrected chi connectivity index (χ2v) is 21.3. The molecule has 3 fully saturated rings. The first-order valence-corrected chi connectivity index (χ1v) is 28.8. The van der Waals surface area contributed by atoms with Crippen LogP contribution in [0.25, 0.3) is 49.8 Å². The average molecular weight is 1170 g/mol. The summed E-state index contributed by atoms with van der Waals surface area (Å²) in [5, 5.41) is 31.6. The van der Waals surface area contributed by atoms with E-state index in [1.807, 2.05) is 99.1 Å². The van der Waals surface area contributed by atoms with Crippen LogP contribution in [-0.4, -0.2) is 130 Å². The van der Waals surface area contributed by atoms with E-state index in [4.69, 9.17) is 24.2 Å². The second-order valence-electron chi connectivity index (χ2n) is 21.3. The van der Waals surface area contributed by atoms with Gasteiger partial charge < -0.3 is 44.5 Å². The number of hydrogen-bond donors (Lipinski definition) is 4. The summed E-state index contributed by atoms with van der Waals surface area (Å²) in [5.41, 5.74) is 5.54. The Hall–Kier alpha value is -7.85. The van der Waals surface area contributed by atoms with Gasteiger partial charge in [-0.05, 0) is 99.9 Å². The summed E-state index contributed by atoms with van der Waals surface area (Å²) in [6, 6.07) is 18.0. The number of aliphatic hydroxyl groups excluding tert-OH is 1. The fourth-order valence-corrected chi connectivity index (χ4v) is 10.5. The zero-order chi connectivity index (χ0) is 61.5. The second kappa shape index (κ2) is 29.8. The van der Waals surface area contributed by atoms with Crippen LogP contribution < -0.4 is 25.0 Å². The van der Waals surface area contributed by atoms with Gasteiger partial charge in [-0.2, -0.15) is 28.2 Å². The normalized spacial score (nSPS) is 17.3. The van der Waals surface area contributed by atoms with Gasteiger partial charge in [0, 0.05) is 66.3 Å². The molecule has 4 N–H and O–H groups in total. The number of H-pyrrole nitrogens is 1. The maximum absolute atomic E-state index is 15.6. The van der Waals surface area contributed by atoms with Crippen molar-refractivity contribution >= 4 is 45.9 Å². The van der Waals surface area contributed by atoms with Crippen LogP contribution in [-0.2, 0) is 27.1 Å². The van der Waals surface area contributed by atoms with Gasteiger partial charge in [-0.25, -0.2) is 9.07 Å². The van der Waals surface area contributed by atoms with Crippen molar-refractivity contribution in [2.75, 3.05) is 58.5 Å². The van der Waals surface area contributed by atoms with Crippen molar-refractivity contribution in [2.45, 2.75) is 118 Å². The number of aromatic amines is 1. The highest BCUT2D eigenvalue weighted by atomic mass is 19.4. The SMILES string of the molecule is C=C(C)/C(=C\C=C/C)c1ccc(C(CO)NC)cc1.CC.COCCOc1nc(N2CC3CC2CN3)c2cc(C(F)(F)F)c(-c3c(C)c(F)cc4[nH]ncc34)c(OCc3ccc(-c4cn(C(C)C(C)C)nn4)cc3)c2n1.O=CC1CCCN1C=O. The number of likely N-dealkylation sites (N-methyl/N-ethyl adjacent to an activating group) is 1. The fraction of sp³-hybridized carbons (Fsp3) is 0.422. The van der Waals surface area contributed by atoms with Crippen molar-refractivity contribution in [1.82, 2.24) is 50.7 Å². The summed E-state index contributed by atoms with van der Waals surface area (Å²) in [7, 11) is 3.38. The smallest absolute Gasteiger partial charge is 0.417 e. The van der Waals surface area contributed by atoms with E-state index in [9.17, 15) is 14.7 Å². The molecule has 17 nitrogen and oxygen atoms in total. The number of methoxy groups -OCH3 is 1. The average Bonchev–Trinajstić information content (AvgIpc) is 2.41. The van der Waals surface area contributed by atoms with Gasteiger partial charge in [-0.15, -0.1) is 5.10 Å². The summed E-state index contributed by atoms with van der Waals surface area (Å²) >= 11 is 0. The zero-order valence-corrected chi connectivity index (χ0v) is 50.1. The minimum Gasteiger partial charge on any atom is -0.486 e. The third-order valence-electron chi connectivity index (χ3n) is 15.5. The first-order chi connectivity index (χ1) is 40.9. The Bertz CT molecular complexity index is 3420. The molecular weight excluding hydrogens is 1090 g/mol. The number of aliphatic hydroxyl groups is 1. The largest absolute Gasteiger partial charge is 0.486 e. The van der Waals surface area contributed by atoms with Crippen molar-refractivity contribution in [3.63, 3.8) is 0 Å².